The SMILES string of the molecule is CSc1ccc(C(O)c2ccccc2C2CCC2)cc1. The Morgan fingerprint density at radius 3 is 2.35 bits per heavy atom. The van der Waals surface area contributed by atoms with Gasteiger partial charge in [-0.25, -0.2) is 0 Å². The van der Waals surface area contributed by atoms with Crippen molar-refractivity contribution in [2.24, 2.45) is 0 Å². The summed E-state index contributed by atoms with van der Waals surface area (Å²) in [5, 5.41) is 10.7. The first-order valence-electron chi connectivity index (χ1n) is 7.20. The van der Waals surface area contributed by atoms with Crippen molar-refractivity contribution < 1.29 is 5.11 Å². The largest absolute Gasteiger partial charge is 0.384 e. The summed E-state index contributed by atoms with van der Waals surface area (Å²) in [6, 6.07) is 16.6. The van der Waals surface area contributed by atoms with Gasteiger partial charge in [0.25, 0.3) is 0 Å². The molecule has 104 valence electrons. The van der Waals surface area contributed by atoms with E-state index in [1.54, 1.807) is 11.8 Å². The summed E-state index contributed by atoms with van der Waals surface area (Å²) in [7, 11) is 0. The molecular formula is C18H20OS. The third kappa shape index (κ3) is 2.63. The van der Waals surface area contributed by atoms with E-state index in [4.69, 9.17) is 0 Å². The summed E-state index contributed by atoms with van der Waals surface area (Å²) in [5.41, 5.74) is 3.39. The molecule has 2 heteroatoms. The van der Waals surface area contributed by atoms with Crippen LogP contribution in [0.1, 0.15) is 48.0 Å². The van der Waals surface area contributed by atoms with E-state index in [-0.39, 0.29) is 0 Å². The van der Waals surface area contributed by atoms with Gasteiger partial charge in [-0.05, 0) is 53.8 Å². The van der Waals surface area contributed by atoms with Gasteiger partial charge in [-0.3, -0.25) is 0 Å². The number of aliphatic hydroxyl groups is 1. The van der Waals surface area contributed by atoms with Gasteiger partial charge in [0, 0.05) is 4.90 Å². The quantitative estimate of drug-likeness (QED) is 0.817. The highest BCUT2D eigenvalue weighted by Gasteiger charge is 2.24. The zero-order chi connectivity index (χ0) is 13.9. The summed E-state index contributed by atoms with van der Waals surface area (Å²) >= 11 is 1.72. The number of rotatable bonds is 4. The molecule has 3 rings (SSSR count). The van der Waals surface area contributed by atoms with Crippen molar-refractivity contribution in [3.8, 4) is 0 Å². The molecule has 0 spiro atoms. The molecule has 1 atom stereocenters. The highest BCUT2D eigenvalue weighted by Crippen LogP contribution is 2.40. The van der Waals surface area contributed by atoms with Crippen LogP contribution in [0.2, 0.25) is 0 Å². The topological polar surface area (TPSA) is 20.2 Å². The molecule has 1 aliphatic rings. The second-order valence-corrected chi connectivity index (χ2v) is 6.31. The van der Waals surface area contributed by atoms with Gasteiger partial charge in [-0.15, -0.1) is 11.8 Å². The Labute approximate surface area is 125 Å². The van der Waals surface area contributed by atoms with Crippen LogP contribution >= 0.6 is 11.8 Å². The van der Waals surface area contributed by atoms with E-state index < -0.39 is 6.10 Å². The fourth-order valence-corrected chi connectivity index (χ4v) is 3.22. The highest BCUT2D eigenvalue weighted by molar-refractivity contribution is 7.98. The van der Waals surface area contributed by atoms with Crippen molar-refractivity contribution in [1.29, 1.82) is 0 Å². The fourth-order valence-electron chi connectivity index (χ4n) is 2.82. The van der Waals surface area contributed by atoms with Crippen LogP contribution in [0.3, 0.4) is 0 Å². The third-order valence-electron chi connectivity index (χ3n) is 4.27. The third-order valence-corrected chi connectivity index (χ3v) is 5.01. The molecule has 1 aliphatic carbocycles. The molecule has 0 heterocycles. The Bertz CT molecular complexity index is 572. The molecule has 0 bridgehead atoms. The Morgan fingerprint density at radius 2 is 1.75 bits per heavy atom. The zero-order valence-corrected chi connectivity index (χ0v) is 12.6. The van der Waals surface area contributed by atoms with Crippen LogP contribution in [0, 0.1) is 0 Å². The predicted octanol–water partition coefficient (Wildman–Crippen LogP) is 4.76. The number of benzene rings is 2. The Balaban J connectivity index is 1.90. The van der Waals surface area contributed by atoms with E-state index in [2.05, 4.69) is 36.6 Å². The van der Waals surface area contributed by atoms with Gasteiger partial charge in [0.05, 0.1) is 0 Å². The van der Waals surface area contributed by atoms with Crippen LogP contribution < -0.4 is 0 Å². The standard InChI is InChI=1S/C18H20OS/c1-20-15-11-9-14(10-12-15)18(19)17-8-3-2-7-16(17)13-5-4-6-13/h2-3,7-13,18-19H,4-6H2,1H3. The Morgan fingerprint density at radius 1 is 1.05 bits per heavy atom. The second kappa shape index (κ2) is 6.02. The van der Waals surface area contributed by atoms with E-state index >= 15 is 0 Å². The van der Waals surface area contributed by atoms with Crippen molar-refractivity contribution in [3.63, 3.8) is 0 Å². The maximum absolute atomic E-state index is 10.7. The minimum atomic E-state index is -0.511. The lowest BCUT2D eigenvalue weighted by atomic mass is 9.77. The van der Waals surface area contributed by atoms with Crippen molar-refractivity contribution in [3.05, 3.63) is 65.2 Å². The summed E-state index contributed by atoms with van der Waals surface area (Å²) in [6.07, 6.45) is 5.39. The molecule has 2 aromatic carbocycles. The van der Waals surface area contributed by atoms with Crippen LogP contribution in [0.5, 0.6) is 0 Å². The molecule has 1 nitrogen and oxygen atoms in total. The maximum Gasteiger partial charge on any atom is 0.104 e. The molecule has 1 saturated carbocycles. The maximum atomic E-state index is 10.7. The molecule has 0 aliphatic heterocycles. The molecule has 2 aromatic rings. The first-order chi connectivity index (χ1) is 9.79. The van der Waals surface area contributed by atoms with Gasteiger partial charge in [-0.1, -0.05) is 42.8 Å². The summed E-state index contributed by atoms with van der Waals surface area (Å²) in [6.45, 7) is 0. The number of hydrogen-bond donors (Lipinski definition) is 1. The van der Waals surface area contributed by atoms with E-state index in [1.165, 1.54) is 29.7 Å². The van der Waals surface area contributed by atoms with Crippen LogP contribution in [-0.2, 0) is 0 Å². The Hall–Kier alpha value is -1.25. The average molecular weight is 284 g/mol. The summed E-state index contributed by atoms with van der Waals surface area (Å²) < 4.78 is 0. The van der Waals surface area contributed by atoms with Crippen LogP contribution in [0.4, 0.5) is 0 Å². The molecule has 0 aromatic heterocycles. The zero-order valence-electron chi connectivity index (χ0n) is 11.8. The lowest BCUT2D eigenvalue weighted by Gasteiger charge is -2.29. The van der Waals surface area contributed by atoms with E-state index in [1.807, 2.05) is 18.2 Å². The molecule has 1 fully saturated rings. The molecule has 1 N–H and O–H groups in total. The van der Waals surface area contributed by atoms with E-state index in [0.717, 1.165) is 11.1 Å². The van der Waals surface area contributed by atoms with Gasteiger partial charge < -0.3 is 5.11 Å². The normalized spacial score (nSPS) is 16.7. The minimum absolute atomic E-state index is 0.511. The van der Waals surface area contributed by atoms with Crippen LogP contribution in [0.25, 0.3) is 0 Å². The molecule has 20 heavy (non-hydrogen) atoms. The van der Waals surface area contributed by atoms with Gasteiger partial charge in [0.2, 0.25) is 0 Å². The fraction of sp³-hybridized carbons (Fsp3) is 0.333. The first-order valence-corrected chi connectivity index (χ1v) is 8.43. The average Bonchev–Trinajstić information content (AvgIpc) is 2.45. The van der Waals surface area contributed by atoms with Crippen molar-refractivity contribution >= 4 is 11.8 Å². The van der Waals surface area contributed by atoms with Gasteiger partial charge >= 0.3 is 0 Å². The monoisotopic (exact) mass is 284 g/mol. The lowest BCUT2D eigenvalue weighted by molar-refractivity contribution is 0.217. The number of hydrogen-bond acceptors (Lipinski definition) is 2. The van der Waals surface area contributed by atoms with E-state index in [9.17, 15) is 5.11 Å². The van der Waals surface area contributed by atoms with Crippen molar-refractivity contribution in [1.82, 2.24) is 0 Å². The minimum Gasteiger partial charge on any atom is -0.384 e. The summed E-state index contributed by atoms with van der Waals surface area (Å²) in [5.74, 6) is 0.645. The molecule has 0 amide bonds. The van der Waals surface area contributed by atoms with Crippen LogP contribution in [0.15, 0.2) is 53.4 Å². The van der Waals surface area contributed by atoms with Crippen molar-refractivity contribution in [2.45, 2.75) is 36.2 Å². The first kappa shape index (κ1) is 13.7. The number of aliphatic hydroxyl groups excluding tert-OH is 1. The molecule has 0 saturated heterocycles. The smallest absolute Gasteiger partial charge is 0.104 e. The highest BCUT2D eigenvalue weighted by atomic mass is 32.2. The van der Waals surface area contributed by atoms with E-state index in [0.29, 0.717) is 5.92 Å². The lowest BCUT2D eigenvalue weighted by Crippen LogP contribution is -2.13. The van der Waals surface area contributed by atoms with Gasteiger partial charge in [0.1, 0.15) is 6.10 Å². The van der Waals surface area contributed by atoms with Crippen molar-refractivity contribution in [2.75, 3.05) is 6.26 Å². The number of thioether (sulfide) groups is 1. The van der Waals surface area contributed by atoms with Crippen LogP contribution in [-0.4, -0.2) is 11.4 Å². The van der Waals surface area contributed by atoms with Gasteiger partial charge in [0.15, 0.2) is 0 Å². The molecule has 0 radical (unpaired) electrons. The second-order valence-electron chi connectivity index (χ2n) is 5.43. The summed E-state index contributed by atoms with van der Waals surface area (Å²) in [4.78, 5) is 1.23. The van der Waals surface area contributed by atoms with Gasteiger partial charge in [-0.2, -0.15) is 0 Å². The molecule has 1 unspecified atom stereocenters. The molecular weight excluding hydrogens is 264 g/mol. The predicted molar refractivity (Wildman–Crippen MR) is 85.3 cm³/mol. The Kier molecular flexibility index (Phi) is 4.13.